The fourth-order valence-corrected chi connectivity index (χ4v) is 2.77. The molecule has 1 aliphatic rings. The molecule has 0 amide bonds. The molecule has 0 unspecified atom stereocenters. The van der Waals surface area contributed by atoms with Gasteiger partial charge in [0.2, 0.25) is 0 Å². The summed E-state index contributed by atoms with van der Waals surface area (Å²) in [5.74, 6) is -0.815. The van der Waals surface area contributed by atoms with Crippen molar-refractivity contribution in [3.63, 3.8) is 0 Å². The Hall–Kier alpha value is -3.39. The Bertz CT molecular complexity index is 881. The maximum Gasteiger partial charge on any atom is 0.355 e. The third kappa shape index (κ3) is 4.12. The lowest BCUT2D eigenvalue weighted by Crippen LogP contribution is -2.39. The highest BCUT2D eigenvalue weighted by Gasteiger charge is 2.33. The zero-order valence-electron chi connectivity index (χ0n) is 15.6. The highest BCUT2D eigenvalue weighted by molar-refractivity contribution is 6.03. The Balaban J connectivity index is 1.97. The van der Waals surface area contributed by atoms with Crippen LogP contribution in [0.2, 0.25) is 0 Å². The number of ether oxygens (including phenoxy) is 4. The number of rotatable bonds is 6. The highest BCUT2D eigenvalue weighted by atomic mass is 16.5. The van der Waals surface area contributed by atoms with Crippen LogP contribution in [0.4, 0.5) is 5.69 Å². The number of para-hydroxylation sites is 2. The molecule has 1 aromatic carbocycles. The summed E-state index contributed by atoms with van der Waals surface area (Å²) in [4.78, 5) is 30.3. The van der Waals surface area contributed by atoms with E-state index >= 15 is 0 Å². The summed E-state index contributed by atoms with van der Waals surface area (Å²) < 4.78 is 21.1. The van der Waals surface area contributed by atoms with Gasteiger partial charge >= 0.3 is 11.9 Å². The third-order valence-corrected chi connectivity index (χ3v) is 4.09. The summed E-state index contributed by atoms with van der Waals surface area (Å²) in [6, 6.07) is 12.7. The van der Waals surface area contributed by atoms with Crippen LogP contribution in [0.25, 0.3) is 0 Å². The molecule has 146 valence electrons. The van der Waals surface area contributed by atoms with Crippen LogP contribution in [-0.2, 0) is 30.4 Å². The van der Waals surface area contributed by atoms with Crippen LogP contribution in [0.15, 0.2) is 59.9 Å². The molecular formula is C20H20N2O6. The van der Waals surface area contributed by atoms with Crippen LogP contribution < -0.4 is 9.64 Å². The van der Waals surface area contributed by atoms with Crippen LogP contribution in [0.3, 0.4) is 0 Å². The molecule has 2 aromatic rings. The molecule has 28 heavy (non-hydrogen) atoms. The minimum atomic E-state index is -0.664. The zero-order chi connectivity index (χ0) is 19.9. The maximum absolute atomic E-state index is 12.4. The van der Waals surface area contributed by atoms with Gasteiger partial charge in [0.25, 0.3) is 0 Å². The second-order valence-electron chi connectivity index (χ2n) is 5.79. The summed E-state index contributed by atoms with van der Waals surface area (Å²) in [6.07, 6.45) is 1.68. The Morgan fingerprint density at radius 2 is 1.82 bits per heavy atom. The molecule has 3 rings (SSSR count). The first-order valence-corrected chi connectivity index (χ1v) is 8.52. The van der Waals surface area contributed by atoms with E-state index in [1.54, 1.807) is 24.4 Å². The van der Waals surface area contributed by atoms with Crippen molar-refractivity contribution >= 4 is 17.6 Å². The van der Waals surface area contributed by atoms with Crippen molar-refractivity contribution in [3.8, 4) is 5.75 Å². The Labute approximate surface area is 162 Å². The topological polar surface area (TPSA) is 87.2 Å². The van der Waals surface area contributed by atoms with Gasteiger partial charge in [-0.05, 0) is 24.3 Å². The number of carbonyl (C=O) groups is 2. The van der Waals surface area contributed by atoms with Crippen LogP contribution in [-0.4, -0.2) is 44.5 Å². The molecule has 0 radical (unpaired) electrons. The minimum Gasteiger partial charge on any atom is -0.485 e. The molecule has 1 aliphatic heterocycles. The SMILES string of the molecule is COC(=O)C1=C(C(=O)OC)N(c2ccccc2OCc2ccccn2)COC1. The van der Waals surface area contributed by atoms with E-state index < -0.39 is 11.9 Å². The van der Waals surface area contributed by atoms with Crippen molar-refractivity contribution in [2.45, 2.75) is 6.61 Å². The van der Waals surface area contributed by atoms with E-state index in [4.69, 9.17) is 18.9 Å². The molecular weight excluding hydrogens is 364 g/mol. The van der Waals surface area contributed by atoms with Crippen LogP contribution >= 0.6 is 0 Å². The molecule has 2 heterocycles. The quantitative estimate of drug-likeness (QED) is 0.700. The van der Waals surface area contributed by atoms with Crippen molar-refractivity contribution in [1.82, 2.24) is 4.98 Å². The van der Waals surface area contributed by atoms with Crippen LogP contribution in [0.1, 0.15) is 5.69 Å². The van der Waals surface area contributed by atoms with Gasteiger partial charge in [0.1, 0.15) is 24.8 Å². The number of methoxy groups -OCH3 is 2. The second-order valence-corrected chi connectivity index (χ2v) is 5.79. The van der Waals surface area contributed by atoms with Gasteiger partial charge in [-0.1, -0.05) is 18.2 Å². The van der Waals surface area contributed by atoms with Gasteiger partial charge in [-0.2, -0.15) is 0 Å². The molecule has 0 fully saturated rings. The maximum atomic E-state index is 12.4. The second kappa shape index (κ2) is 9.01. The molecule has 8 nitrogen and oxygen atoms in total. The predicted octanol–water partition coefficient (Wildman–Crippen LogP) is 2.05. The smallest absolute Gasteiger partial charge is 0.355 e. The number of pyridine rings is 1. The molecule has 0 saturated heterocycles. The lowest BCUT2D eigenvalue weighted by molar-refractivity contribution is -0.140. The van der Waals surface area contributed by atoms with E-state index in [1.165, 1.54) is 19.1 Å². The van der Waals surface area contributed by atoms with E-state index in [2.05, 4.69) is 4.98 Å². The summed E-state index contributed by atoms with van der Waals surface area (Å²) in [6.45, 7) is 0.243. The van der Waals surface area contributed by atoms with Gasteiger partial charge in [-0.15, -0.1) is 0 Å². The zero-order valence-corrected chi connectivity index (χ0v) is 15.6. The monoisotopic (exact) mass is 384 g/mol. The largest absolute Gasteiger partial charge is 0.485 e. The fraction of sp³-hybridized carbons (Fsp3) is 0.250. The van der Waals surface area contributed by atoms with Crippen molar-refractivity contribution in [1.29, 1.82) is 0 Å². The summed E-state index contributed by atoms with van der Waals surface area (Å²) >= 11 is 0. The number of hydrogen-bond donors (Lipinski definition) is 0. The molecule has 0 spiro atoms. The highest BCUT2D eigenvalue weighted by Crippen LogP contribution is 2.34. The molecule has 0 bridgehead atoms. The first-order valence-electron chi connectivity index (χ1n) is 8.52. The van der Waals surface area contributed by atoms with E-state index in [-0.39, 0.29) is 31.2 Å². The number of carbonyl (C=O) groups excluding carboxylic acids is 2. The third-order valence-electron chi connectivity index (χ3n) is 4.09. The average molecular weight is 384 g/mol. The summed E-state index contributed by atoms with van der Waals surface area (Å²) in [5.41, 5.74) is 1.46. The fourth-order valence-electron chi connectivity index (χ4n) is 2.77. The number of esters is 2. The van der Waals surface area contributed by atoms with Gasteiger partial charge in [-0.3, -0.25) is 4.98 Å². The molecule has 0 atom stereocenters. The molecule has 8 heteroatoms. The number of benzene rings is 1. The first-order chi connectivity index (χ1) is 13.7. The molecule has 0 saturated carbocycles. The van der Waals surface area contributed by atoms with E-state index in [9.17, 15) is 9.59 Å². The average Bonchev–Trinajstić information content (AvgIpc) is 2.77. The van der Waals surface area contributed by atoms with Gasteiger partial charge in [0, 0.05) is 6.20 Å². The van der Waals surface area contributed by atoms with Crippen LogP contribution in [0.5, 0.6) is 5.75 Å². The number of nitrogens with zero attached hydrogens (tertiary/aromatic N) is 2. The predicted molar refractivity (Wildman–Crippen MR) is 99.4 cm³/mol. The lowest BCUT2D eigenvalue weighted by atomic mass is 10.1. The molecule has 0 N–H and O–H groups in total. The van der Waals surface area contributed by atoms with Crippen LogP contribution in [0, 0.1) is 0 Å². The number of hydrogen-bond acceptors (Lipinski definition) is 8. The van der Waals surface area contributed by atoms with Gasteiger partial charge < -0.3 is 23.8 Å². The van der Waals surface area contributed by atoms with Crippen molar-refractivity contribution in [2.24, 2.45) is 0 Å². The van der Waals surface area contributed by atoms with E-state index in [0.29, 0.717) is 11.4 Å². The van der Waals surface area contributed by atoms with Gasteiger partial charge in [0.15, 0.2) is 0 Å². The summed E-state index contributed by atoms with van der Waals surface area (Å²) in [7, 11) is 2.49. The van der Waals surface area contributed by atoms with Crippen molar-refractivity contribution in [3.05, 3.63) is 65.6 Å². The lowest BCUT2D eigenvalue weighted by Gasteiger charge is -2.32. The summed E-state index contributed by atoms with van der Waals surface area (Å²) in [5, 5.41) is 0. The van der Waals surface area contributed by atoms with Gasteiger partial charge in [0.05, 0.1) is 37.8 Å². The minimum absolute atomic E-state index is 0.0505. The van der Waals surface area contributed by atoms with Crippen molar-refractivity contribution in [2.75, 3.05) is 32.5 Å². The molecule has 1 aromatic heterocycles. The van der Waals surface area contributed by atoms with Crippen molar-refractivity contribution < 1.29 is 28.5 Å². The number of aromatic nitrogens is 1. The Kier molecular flexibility index (Phi) is 6.23. The normalized spacial score (nSPS) is 13.9. The Morgan fingerprint density at radius 3 is 2.54 bits per heavy atom. The number of anilines is 1. The van der Waals surface area contributed by atoms with Gasteiger partial charge in [-0.25, -0.2) is 9.59 Å². The standard InChI is InChI=1S/C20H20N2O6/c1-25-19(23)15-12-27-13-22(18(15)20(24)26-2)16-8-3-4-9-17(16)28-11-14-7-5-6-10-21-14/h3-10H,11-13H2,1-2H3. The molecule has 0 aliphatic carbocycles. The van der Waals surface area contributed by atoms with E-state index in [1.807, 2.05) is 24.3 Å². The Morgan fingerprint density at radius 1 is 1.07 bits per heavy atom. The first kappa shape index (κ1) is 19.4. The van der Waals surface area contributed by atoms with E-state index in [0.717, 1.165) is 5.69 Å².